The summed E-state index contributed by atoms with van der Waals surface area (Å²) in [5.41, 5.74) is 0.980. The number of rotatable bonds is 8. The summed E-state index contributed by atoms with van der Waals surface area (Å²) in [7, 11) is -0.885. The van der Waals surface area contributed by atoms with Crippen molar-refractivity contribution in [1.29, 1.82) is 0 Å². The summed E-state index contributed by atoms with van der Waals surface area (Å²) in [6.45, 7) is 5.60. The van der Waals surface area contributed by atoms with Crippen molar-refractivity contribution in [2.75, 3.05) is 6.61 Å². The van der Waals surface area contributed by atoms with Gasteiger partial charge in [-0.25, -0.2) is 0 Å². The molecule has 30 heavy (non-hydrogen) atoms. The first-order valence-corrected chi connectivity index (χ1v) is 11.4. The van der Waals surface area contributed by atoms with E-state index in [-0.39, 0.29) is 30.4 Å². The van der Waals surface area contributed by atoms with E-state index in [4.69, 9.17) is 4.74 Å². The van der Waals surface area contributed by atoms with Crippen molar-refractivity contribution in [2.24, 2.45) is 5.92 Å². The van der Waals surface area contributed by atoms with E-state index >= 15 is 0 Å². The SMILES string of the molecule is CC(=O)NC(COC(=O)[C]1[CH][CH][CH][C]1P(c1ccccc1)c1ccccc1)C(C)C. The third-order valence-corrected chi connectivity index (χ3v) is 7.37. The molecule has 2 aromatic carbocycles. The molecule has 1 aliphatic rings. The first-order chi connectivity index (χ1) is 14.5. The van der Waals surface area contributed by atoms with Crippen molar-refractivity contribution in [3.05, 3.63) is 91.5 Å². The highest BCUT2D eigenvalue weighted by atomic mass is 31.1. The van der Waals surface area contributed by atoms with Gasteiger partial charge in [-0.15, -0.1) is 0 Å². The van der Waals surface area contributed by atoms with E-state index in [0.717, 1.165) is 5.66 Å². The second-order valence-corrected chi connectivity index (χ2v) is 9.67. The molecule has 1 amide bonds. The maximum absolute atomic E-state index is 13.0. The summed E-state index contributed by atoms with van der Waals surface area (Å²) < 4.78 is 5.63. The van der Waals surface area contributed by atoms with Crippen molar-refractivity contribution in [3.8, 4) is 0 Å². The lowest BCUT2D eigenvalue weighted by Crippen LogP contribution is -2.41. The van der Waals surface area contributed by atoms with E-state index in [1.807, 2.05) is 69.5 Å². The van der Waals surface area contributed by atoms with Gasteiger partial charge in [0.1, 0.15) is 12.5 Å². The van der Waals surface area contributed by atoms with E-state index in [1.165, 1.54) is 17.5 Å². The molecule has 3 rings (SSSR count). The monoisotopic (exact) mass is 420 g/mol. The van der Waals surface area contributed by atoms with Gasteiger partial charge in [-0.2, -0.15) is 0 Å². The smallest absolute Gasteiger partial charge is 0.314 e. The third kappa shape index (κ3) is 5.70. The summed E-state index contributed by atoms with van der Waals surface area (Å²) in [6, 6.07) is 20.3. The molecule has 0 aliphatic heterocycles. The number of amides is 1. The van der Waals surface area contributed by atoms with Gasteiger partial charge in [0.25, 0.3) is 0 Å². The van der Waals surface area contributed by atoms with Gasteiger partial charge in [-0.05, 0) is 43.7 Å². The third-order valence-electron chi connectivity index (χ3n) is 4.87. The van der Waals surface area contributed by atoms with Crippen molar-refractivity contribution >= 4 is 30.4 Å². The number of benzene rings is 2. The maximum atomic E-state index is 13.0. The Hall–Kier alpha value is -2.19. The van der Waals surface area contributed by atoms with Crippen LogP contribution >= 0.6 is 7.92 Å². The molecule has 1 saturated carbocycles. The normalized spacial score (nSPS) is 16.0. The van der Waals surface area contributed by atoms with Crippen LogP contribution in [0.15, 0.2) is 60.7 Å². The molecule has 1 aliphatic carbocycles. The van der Waals surface area contributed by atoms with Gasteiger partial charge in [-0.1, -0.05) is 74.5 Å². The summed E-state index contributed by atoms with van der Waals surface area (Å²) in [4.78, 5) is 24.4. The molecule has 5 heteroatoms. The van der Waals surface area contributed by atoms with E-state index < -0.39 is 7.92 Å². The molecule has 1 atom stereocenters. The zero-order valence-corrected chi connectivity index (χ0v) is 18.4. The lowest BCUT2D eigenvalue weighted by atomic mass is 10.1. The molecule has 2 aromatic rings. The standard InChI is InChI=1S/C25H27NO3P/c1-18(2)23(26-19(3)27)17-29-25(28)22-15-10-16-24(22)30(20-11-6-4-7-12-20)21-13-8-5-9-14-21/h4-16,18,23H,17H2,1-3H3,(H,26,27). The van der Waals surface area contributed by atoms with Crippen LogP contribution in [-0.4, -0.2) is 24.5 Å². The Morgan fingerprint density at radius 3 is 2.00 bits per heavy atom. The number of hydrogen-bond donors (Lipinski definition) is 1. The average Bonchev–Trinajstić information content (AvgIpc) is 3.21. The molecular formula is C25H27NO3P. The van der Waals surface area contributed by atoms with Gasteiger partial charge in [0.2, 0.25) is 5.91 Å². The molecular weight excluding hydrogens is 393 g/mol. The second kappa shape index (κ2) is 10.7. The fourth-order valence-electron chi connectivity index (χ4n) is 3.26. The van der Waals surface area contributed by atoms with E-state index in [9.17, 15) is 9.59 Å². The number of esters is 1. The van der Waals surface area contributed by atoms with Crippen molar-refractivity contribution in [2.45, 2.75) is 26.8 Å². The Labute approximate surface area is 181 Å². The summed E-state index contributed by atoms with van der Waals surface area (Å²) in [5.74, 6) is 0.256. The van der Waals surface area contributed by atoms with Crippen LogP contribution in [0.2, 0.25) is 0 Å². The largest absolute Gasteiger partial charge is 0.463 e. The predicted octanol–water partition coefficient (Wildman–Crippen LogP) is 3.56. The van der Waals surface area contributed by atoms with Gasteiger partial charge in [0.15, 0.2) is 0 Å². The zero-order valence-electron chi connectivity index (χ0n) is 17.5. The number of carbonyl (C=O) groups is 2. The molecule has 1 fully saturated rings. The Balaban J connectivity index is 1.78. The molecule has 0 bridgehead atoms. The van der Waals surface area contributed by atoms with E-state index in [2.05, 4.69) is 29.6 Å². The zero-order chi connectivity index (χ0) is 21.5. The first kappa shape index (κ1) is 22.5. The Kier molecular flexibility index (Phi) is 8.04. The quantitative estimate of drug-likeness (QED) is 0.525. The fourth-order valence-corrected chi connectivity index (χ4v) is 5.70. The Morgan fingerprint density at radius 2 is 1.50 bits per heavy atom. The first-order valence-electron chi connectivity index (χ1n) is 10.1. The second-order valence-electron chi connectivity index (χ2n) is 7.48. The summed E-state index contributed by atoms with van der Waals surface area (Å²) >= 11 is 0. The van der Waals surface area contributed by atoms with Crippen LogP contribution in [0.1, 0.15) is 20.8 Å². The van der Waals surface area contributed by atoms with Gasteiger partial charge in [0.05, 0.1) is 6.04 Å². The van der Waals surface area contributed by atoms with Gasteiger partial charge in [0, 0.05) is 12.6 Å². The molecule has 0 saturated heterocycles. The molecule has 0 aromatic heterocycles. The number of carbonyl (C=O) groups excluding carboxylic acids is 2. The van der Waals surface area contributed by atoms with Gasteiger partial charge in [-0.3, -0.25) is 9.59 Å². The highest BCUT2D eigenvalue weighted by Crippen LogP contribution is 2.56. The minimum absolute atomic E-state index is 0.129. The van der Waals surface area contributed by atoms with Gasteiger partial charge < -0.3 is 10.1 Å². The maximum Gasteiger partial charge on any atom is 0.314 e. The minimum atomic E-state index is -0.885. The summed E-state index contributed by atoms with van der Waals surface area (Å²) in [5, 5.41) is 5.21. The number of nitrogens with one attached hydrogen (secondary N) is 1. The van der Waals surface area contributed by atoms with Crippen LogP contribution in [0.5, 0.6) is 0 Å². The van der Waals surface area contributed by atoms with Crippen molar-refractivity contribution < 1.29 is 14.3 Å². The van der Waals surface area contributed by atoms with E-state index in [1.54, 1.807) is 0 Å². The minimum Gasteiger partial charge on any atom is -0.463 e. The van der Waals surface area contributed by atoms with Crippen molar-refractivity contribution in [1.82, 2.24) is 5.32 Å². The van der Waals surface area contributed by atoms with Crippen LogP contribution in [0.25, 0.3) is 0 Å². The van der Waals surface area contributed by atoms with Crippen LogP contribution < -0.4 is 15.9 Å². The molecule has 5 radical (unpaired) electrons. The van der Waals surface area contributed by atoms with Crippen LogP contribution in [0.4, 0.5) is 0 Å². The fraction of sp³-hybridized carbons (Fsp3) is 0.240. The van der Waals surface area contributed by atoms with E-state index in [0.29, 0.717) is 5.92 Å². The molecule has 155 valence electrons. The highest BCUT2D eigenvalue weighted by Gasteiger charge is 2.42. The van der Waals surface area contributed by atoms with Crippen LogP contribution in [0, 0.1) is 36.8 Å². The predicted molar refractivity (Wildman–Crippen MR) is 122 cm³/mol. The average molecular weight is 420 g/mol. The topological polar surface area (TPSA) is 55.4 Å². The summed E-state index contributed by atoms with van der Waals surface area (Å²) in [6.07, 6.45) is 5.73. The molecule has 0 heterocycles. The van der Waals surface area contributed by atoms with Crippen LogP contribution in [0.3, 0.4) is 0 Å². The molecule has 1 unspecified atom stereocenters. The number of ether oxygens (including phenoxy) is 1. The van der Waals surface area contributed by atoms with Crippen molar-refractivity contribution in [3.63, 3.8) is 0 Å². The van der Waals surface area contributed by atoms with Crippen LogP contribution in [-0.2, 0) is 14.3 Å². The Bertz CT molecular complexity index is 785. The number of hydrogen-bond acceptors (Lipinski definition) is 3. The molecule has 0 spiro atoms. The molecule has 1 N–H and O–H groups in total. The van der Waals surface area contributed by atoms with Gasteiger partial charge >= 0.3 is 5.97 Å². The lowest BCUT2D eigenvalue weighted by Gasteiger charge is -2.28. The Morgan fingerprint density at radius 1 is 0.933 bits per heavy atom. The molecule has 4 nitrogen and oxygen atoms in total. The lowest BCUT2D eigenvalue weighted by molar-refractivity contribution is -0.142. The highest BCUT2D eigenvalue weighted by molar-refractivity contribution is 7.76.